The predicted octanol–water partition coefficient (Wildman–Crippen LogP) is 3.54. The van der Waals surface area contributed by atoms with Crippen molar-refractivity contribution in [3.05, 3.63) is 57.2 Å². The average Bonchev–Trinajstić information content (AvgIpc) is 2.67. The van der Waals surface area contributed by atoms with E-state index in [4.69, 9.17) is 14.2 Å². The van der Waals surface area contributed by atoms with E-state index in [1.54, 1.807) is 7.11 Å². The summed E-state index contributed by atoms with van der Waals surface area (Å²) in [6, 6.07) is 14.0. The van der Waals surface area contributed by atoms with Crippen molar-refractivity contribution in [1.82, 2.24) is 5.01 Å². The number of methoxy groups -OCH3 is 1. The van der Waals surface area contributed by atoms with Crippen LogP contribution in [0, 0.1) is 3.57 Å². The Labute approximate surface area is 161 Å². The average molecular weight is 452 g/mol. The van der Waals surface area contributed by atoms with Crippen LogP contribution in [0.25, 0.3) is 0 Å². The third-order valence-corrected chi connectivity index (χ3v) is 4.59. The zero-order chi connectivity index (χ0) is 17.5. The minimum atomic E-state index is 0.447. The molecule has 1 saturated heterocycles. The lowest BCUT2D eigenvalue weighted by molar-refractivity contribution is 0.0397. The molecule has 2 aromatic rings. The molecule has 5 nitrogen and oxygen atoms in total. The van der Waals surface area contributed by atoms with Crippen LogP contribution in [0.15, 0.2) is 47.6 Å². The third-order valence-electron chi connectivity index (χ3n) is 3.87. The summed E-state index contributed by atoms with van der Waals surface area (Å²) in [4.78, 5) is 0. The first-order chi connectivity index (χ1) is 12.2. The molecule has 0 spiro atoms. The SMILES string of the molecule is COc1ccc(/C=N/N2CCOCC2)cc1COc1ccc(I)cc1. The number of morpholine rings is 1. The maximum absolute atomic E-state index is 5.88. The number of rotatable bonds is 6. The molecule has 1 fully saturated rings. The first-order valence-corrected chi connectivity index (χ1v) is 9.24. The molecule has 0 aromatic heterocycles. The van der Waals surface area contributed by atoms with E-state index in [-0.39, 0.29) is 0 Å². The Kier molecular flexibility index (Phi) is 6.52. The molecular formula is C19H21IN2O3. The van der Waals surface area contributed by atoms with Crippen LogP contribution in [0.3, 0.4) is 0 Å². The van der Waals surface area contributed by atoms with Crippen LogP contribution in [0.2, 0.25) is 0 Å². The molecule has 2 aromatic carbocycles. The number of halogens is 1. The van der Waals surface area contributed by atoms with Gasteiger partial charge in [-0.05, 0) is 70.6 Å². The first-order valence-electron chi connectivity index (χ1n) is 8.16. The Bertz CT molecular complexity index is 713. The van der Waals surface area contributed by atoms with Crippen LogP contribution in [-0.4, -0.2) is 44.6 Å². The summed E-state index contributed by atoms with van der Waals surface area (Å²) in [7, 11) is 1.67. The molecule has 1 aliphatic rings. The number of nitrogens with zero attached hydrogens (tertiary/aromatic N) is 2. The van der Waals surface area contributed by atoms with Crippen molar-refractivity contribution in [1.29, 1.82) is 0 Å². The van der Waals surface area contributed by atoms with Gasteiger partial charge in [-0.2, -0.15) is 5.10 Å². The van der Waals surface area contributed by atoms with Crippen LogP contribution in [0.5, 0.6) is 11.5 Å². The van der Waals surface area contributed by atoms with Crippen LogP contribution in [-0.2, 0) is 11.3 Å². The van der Waals surface area contributed by atoms with Gasteiger partial charge in [-0.15, -0.1) is 0 Å². The van der Waals surface area contributed by atoms with Gasteiger partial charge in [0.2, 0.25) is 0 Å². The number of hydrogen-bond donors (Lipinski definition) is 0. The summed E-state index contributed by atoms with van der Waals surface area (Å²) in [5.74, 6) is 1.66. The van der Waals surface area contributed by atoms with E-state index in [9.17, 15) is 0 Å². The monoisotopic (exact) mass is 452 g/mol. The molecule has 0 saturated carbocycles. The van der Waals surface area contributed by atoms with E-state index >= 15 is 0 Å². The molecule has 1 heterocycles. The van der Waals surface area contributed by atoms with Crippen LogP contribution < -0.4 is 9.47 Å². The van der Waals surface area contributed by atoms with Gasteiger partial charge in [0, 0.05) is 9.13 Å². The quantitative estimate of drug-likeness (QED) is 0.497. The summed E-state index contributed by atoms with van der Waals surface area (Å²) < 4.78 is 17.9. The smallest absolute Gasteiger partial charge is 0.125 e. The van der Waals surface area contributed by atoms with Crippen molar-refractivity contribution in [2.75, 3.05) is 33.4 Å². The predicted molar refractivity (Wildman–Crippen MR) is 106 cm³/mol. The van der Waals surface area contributed by atoms with E-state index in [0.717, 1.165) is 48.9 Å². The Hall–Kier alpha value is -1.80. The summed E-state index contributed by atoms with van der Waals surface area (Å²) in [6.07, 6.45) is 1.87. The number of hydrazone groups is 1. The highest BCUT2D eigenvalue weighted by molar-refractivity contribution is 14.1. The lowest BCUT2D eigenvalue weighted by atomic mass is 10.1. The zero-order valence-electron chi connectivity index (χ0n) is 14.2. The Morgan fingerprint density at radius 2 is 1.92 bits per heavy atom. The molecule has 1 aliphatic heterocycles. The molecule has 0 radical (unpaired) electrons. The molecule has 132 valence electrons. The van der Waals surface area contributed by atoms with Crippen molar-refractivity contribution < 1.29 is 14.2 Å². The lowest BCUT2D eigenvalue weighted by Gasteiger charge is -2.23. The van der Waals surface area contributed by atoms with Gasteiger partial charge >= 0.3 is 0 Å². The second-order valence-electron chi connectivity index (χ2n) is 5.62. The molecular weight excluding hydrogens is 431 g/mol. The van der Waals surface area contributed by atoms with E-state index < -0.39 is 0 Å². The van der Waals surface area contributed by atoms with Crippen LogP contribution in [0.4, 0.5) is 0 Å². The Morgan fingerprint density at radius 3 is 2.64 bits per heavy atom. The van der Waals surface area contributed by atoms with Crippen molar-refractivity contribution in [2.24, 2.45) is 5.10 Å². The van der Waals surface area contributed by atoms with E-state index in [0.29, 0.717) is 6.61 Å². The van der Waals surface area contributed by atoms with Crippen molar-refractivity contribution >= 4 is 28.8 Å². The minimum Gasteiger partial charge on any atom is -0.496 e. The third kappa shape index (κ3) is 5.34. The largest absolute Gasteiger partial charge is 0.496 e. The fourth-order valence-electron chi connectivity index (χ4n) is 2.50. The summed E-state index contributed by atoms with van der Waals surface area (Å²) in [6.45, 7) is 3.57. The molecule has 6 heteroatoms. The molecule has 3 rings (SSSR count). The Balaban J connectivity index is 1.68. The van der Waals surface area contributed by atoms with E-state index in [1.165, 1.54) is 3.57 Å². The highest BCUT2D eigenvalue weighted by Crippen LogP contribution is 2.22. The van der Waals surface area contributed by atoms with E-state index in [1.807, 2.05) is 47.6 Å². The van der Waals surface area contributed by atoms with Gasteiger partial charge in [0.25, 0.3) is 0 Å². The van der Waals surface area contributed by atoms with Crippen molar-refractivity contribution in [3.8, 4) is 11.5 Å². The second-order valence-corrected chi connectivity index (χ2v) is 6.87. The molecule has 0 atom stereocenters. The minimum absolute atomic E-state index is 0.447. The Morgan fingerprint density at radius 1 is 1.16 bits per heavy atom. The molecule has 0 unspecified atom stereocenters. The summed E-state index contributed by atoms with van der Waals surface area (Å²) in [5.41, 5.74) is 2.01. The molecule has 0 bridgehead atoms. The summed E-state index contributed by atoms with van der Waals surface area (Å²) in [5, 5.41) is 6.55. The molecule has 0 amide bonds. The number of ether oxygens (including phenoxy) is 3. The van der Waals surface area contributed by atoms with Gasteiger partial charge in [0.1, 0.15) is 18.1 Å². The van der Waals surface area contributed by atoms with Gasteiger partial charge in [-0.25, -0.2) is 0 Å². The normalized spacial score (nSPS) is 14.7. The topological polar surface area (TPSA) is 43.3 Å². The van der Waals surface area contributed by atoms with Gasteiger partial charge in [-0.3, -0.25) is 5.01 Å². The van der Waals surface area contributed by atoms with Crippen LogP contribution in [0.1, 0.15) is 11.1 Å². The highest BCUT2D eigenvalue weighted by atomic mass is 127. The maximum atomic E-state index is 5.88. The molecule has 0 N–H and O–H groups in total. The fourth-order valence-corrected chi connectivity index (χ4v) is 2.86. The highest BCUT2D eigenvalue weighted by Gasteiger charge is 2.08. The van der Waals surface area contributed by atoms with Gasteiger partial charge in [0.05, 0.1) is 39.6 Å². The van der Waals surface area contributed by atoms with E-state index in [2.05, 4.69) is 33.8 Å². The summed E-state index contributed by atoms with van der Waals surface area (Å²) >= 11 is 2.28. The number of hydrogen-bond acceptors (Lipinski definition) is 5. The van der Waals surface area contributed by atoms with Gasteiger partial charge in [0.15, 0.2) is 0 Å². The van der Waals surface area contributed by atoms with Crippen molar-refractivity contribution in [2.45, 2.75) is 6.61 Å². The molecule has 25 heavy (non-hydrogen) atoms. The van der Waals surface area contributed by atoms with Crippen LogP contribution >= 0.6 is 22.6 Å². The zero-order valence-corrected chi connectivity index (χ0v) is 16.3. The maximum Gasteiger partial charge on any atom is 0.125 e. The lowest BCUT2D eigenvalue weighted by Crippen LogP contribution is -2.32. The number of benzene rings is 2. The first kappa shape index (κ1) is 18.0. The van der Waals surface area contributed by atoms with Gasteiger partial charge < -0.3 is 14.2 Å². The fraction of sp³-hybridized carbons (Fsp3) is 0.316. The second kappa shape index (κ2) is 9.05. The molecule has 0 aliphatic carbocycles. The van der Waals surface area contributed by atoms with Gasteiger partial charge in [-0.1, -0.05) is 0 Å². The van der Waals surface area contributed by atoms with Crippen molar-refractivity contribution in [3.63, 3.8) is 0 Å². The standard InChI is InChI=1S/C19H21IN2O3/c1-23-19-7-2-15(13-21-22-8-10-24-11-9-22)12-16(19)14-25-18-5-3-17(20)4-6-18/h2-7,12-13H,8-11,14H2,1H3/b21-13+.